The molecule has 0 spiro atoms. The Bertz CT molecular complexity index is 1190. The minimum Gasteiger partial charge on any atom is -0.497 e. The first-order valence-electron chi connectivity index (χ1n) is 10.1. The molecule has 2 atom stereocenters. The van der Waals surface area contributed by atoms with Gasteiger partial charge in [0.1, 0.15) is 23.0 Å². The van der Waals surface area contributed by atoms with E-state index in [1.54, 1.807) is 38.5 Å². The normalized spacial score (nSPS) is 18.6. The van der Waals surface area contributed by atoms with Gasteiger partial charge >= 0.3 is 0 Å². The number of imidazole rings is 1. The van der Waals surface area contributed by atoms with Gasteiger partial charge in [-0.05, 0) is 24.3 Å². The van der Waals surface area contributed by atoms with E-state index in [1.165, 1.54) is 0 Å². The van der Waals surface area contributed by atoms with E-state index in [0.29, 0.717) is 6.54 Å². The third kappa shape index (κ3) is 3.46. The van der Waals surface area contributed by atoms with Crippen molar-refractivity contribution < 1.29 is 14.2 Å². The zero-order valence-corrected chi connectivity index (χ0v) is 17.6. The molecular formula is C22H24N6O3. The number of aromatic amines is 1. The van der Waals surface area contributed by atoms with E-state index >= 15 is 0 Å². The molecule has 4 aromatic rings. The predicted molar refractivity (Wildman–Crippen MR) is 116 cm³/mol. The predicted octanol–water partition coefficient (Wildman–Crippen LogP) is 3.13. The number of aromatic nitrogens is 5. The van der Waals surface area contributed by atoms with Gasteiger partial charge in [-0.1, -0.05) is 0 Å². The van der Waals surface area contributed by atoms with Crippen molar-refractivity contribution in [2.24, 2.45) is 0 Å². The van der Waals surface area contributed by atoms with Crippen LogP contribution in [0.3, 0.4) is 0 Å². The number of hydrogen-bond acceptors (Lipinski definition) is 7. The third-order valence-corrected chi connectivity index (χ3v) is 5.75. The molecule has 2 aromatic carbocycles. The minimum atomic E-state index is -0.00948. The second kappa shape index (κ2) is 7.92. The molecule has 9 heteroatoms. The summed E-state index contributed by atoms with van der Waals surface area (Å²) in [6, 6.07) is 11.7. The Morgan fingerprint density at radius 2 is 1.68 bits per heavy atom. The Hall–Kier alpha value is -3.59. The average Bonchev–Trinajstić information content (AvgIpc) is 3.56. The van der Waals surface area contributed by atoms with E-state index in [2.05, 4.69) is 20.1 Å². The van der Waals surface area contributed by atoms with Gasteiger partial charge in [-0.2, -0.15) is 10.2 Å². The molecule has 0 saturated carbocycles. The maximum absolute atomic E-state index is 5.74. The van der Waals surface area contributed by atoms with E-state index < -0.39 is 0 Å². The van der Waals surface area contributed by atoms with Crippen LogP contribution >= 0.6 is 0 Å². The van der Waals surface area contributed by atoms with Crippen molar-refractivity contribution in [2.45, 2.75) is 18.6 Å². The Labute approximate surface area is 179 Å². The van der Waals surface area contributed by atoms with Gasteiger partial charge in [0, 0.05) is 32.2 Å². The van der Waals surface area contributed by atoms with Crippen LogP contribution in [0.4, 0.5) is 5.69 Å². The quantitative estimate of drug-likeness (QED) is 0.512. The van der Waals surface area contributed by atoms with Gasteiger partial charge in [-0.25, -0.2) is 4.98 Å². The van der Waals surface area contributed by atoms with Crippen LogP contribution in [-0.2, 0) is 4.74 Å². The van der Waals surface area contributed by atoms with Gasteiger partial charge in [0.15, 0.2) is 0 Å². The third-order valence-electron chi connectivity index (χ3n) is 5.75. The van der Waals surface area contributed by atoms with Crippen molar-refractivity contribution in [3.8, 4) is 17.2 Å². The smallest absolute Gasteiger partial charge is 0.130 e. The van der Waals surface area contributed by atoms with Gasteiger partial charge in [0.25, 0.3) is 0 Å². The molecule has 160 valence electrons. The van der Waals surface area contributed by atoms with Crippen LogP contribution in [0.2, 0.25) is 0 Å². The molecule has 0 radical (unpaired) electrons. The Balaban J connectivity index is 1.61. The van der Waals surface area contributed by atoms with Crippen LogP contribution in [0.5, 0.6) is 11.5 Å². The number of hydrogen-bond donors (Lipinski definition) is 1. The highest BCUT2D eigenvalue weighted by molar-refractivity contribution is 5.77. The molecule has 1 N–H and O–H groups in total. The van der Waals surface area contributed by atoms with Crippen LogP contribution in [-0.4, -0.2) is 58.9 Å². The maximum Gasteiger partial charge on any atom is 0.130 e. The van der Waals surface area contributed by atoms with Crippen LogP contribution in [0, 0.1) is 0 Å². The molecule has 1 aliphatic heterocycles. The summed E-state index contributed by atoms with van der Waals surface area (Å²) in [4.78, 5) is 12.3. The first-order valence-corrected chi connectivity index (χ1v) is 10.1. The van der Waals surface area contributed by atoms with E-state index in [0.717, 1.165) is 46.2 Å². The lowest BCUT2D eigenvalue weighted by Gasteiger charge is -2.27. The van der Waals surface area contributed by atoms with Crippen molar-refractivity contribution in [2.75, 3.05) is 32.8 Å². The topological polar surface area (TPSA) is 90.3 Å². The minimum absolute atomic E-state index is 0.00948. The van der Waals surface area contributed by atoms with E-state index in [1.807, 2.05) is 36.4 Å². The van der Waals surface area contributed by atoms with Gasteiger partial charge in [0.05, 0.1) is 55.5 Å². The summed E-state index contributed by atoms with van der Waals surface area (Å²) < 4.78 is 16.6. The number of nitrogens with zero attached hydrogens (tertiary/aromatic N) is 5. The number of H-pyrrole nitrogens is 1. The van der Waals surface area contributed by atoms with Crippen LogP contribution in [0.1, 0.15) is 18.3 Å². The monoisotopic (exact) mass is 420 g/mol. The molecule has 5 rings (SSSR count). The molecule has 9 nitrogen and oxygen atoms in total. The second-order valence-electron chi connectivity index (χ2n) is 7.44. The van der Waals surface area contributed by atoms with Crippen molar-refractivity contribution in [3.63, 3.8) is 0 Å². The van der Waals surface area contributed by atoms with Crippen molar-refractivity contribution in [3.05, 3.63) is 54.6 Å². The van der Waals surface area contributed by atoms with E-state index in [9.17, 15) is 0 Å². The number of nitrogens with one attached hydrogen (secondary N) is 1. The van der Waals surface area contributed by atoms with Crippen molar-refractivity contribution in [1.29, 1.82) is 0 Å². The summed E-state index contributed by atoms with van der Waals surface area (Å²) in [5.41, 5.74) is 3.66. The van der Waals surface area contributed by atoms with Crippen LogP contribution < -0.4 is 14.4 Å². The van der Waals surface area contributed by atoms with Gasteiger partial charge in [0.2, 0.25) is 0 Å². The molecule has 1 saturated heterocycles. The lowest BCUT2D eigenvalue weighted by molar-refractivity contribution is 0.118. The van der Waals surface area contributed by atoms with Gasteiger partial charge < -0.3 is 24.1 Å². The zero-order chi connectivity index (χ0) is 21.4. The van der Waals surface area contributed by atoms with Gasteiger partial charge in [-0.3, -0.25) is 0 Å². The number of methoxy groups -OCH3 is 3. The average molecular weight is 420 g/mol. The number of anilines is 1. The number of fused-ring (bicyclic) bond motifs is 1. The molecule has 31 heavy (non-hydrogen) atoms. The summed E-state index contributed by atoms with van der Waals surface area (Å²) in [6.45, 7) is 0.711. The number of benzene rings is 2. The Morgan fingerprint density at radius 1 is 0.935 bits per heavy atom. The van der Waals surface area contributed by atoms with Crippen molar-refractivity contribution in [1.82, 2.24) is 25.0 Å². The highest BCUT2D eigenvalue weighted by Gasteiger charge is 2.37. The van der Waals surface area contributed by atoms with Crippen LogP contribution in [0.15, 0.2) is 48.8 Å². The highest BCUT2D eigenvalue weighted by atomic mass is 16.5. The molecule has 0 bridgehead atoms. The first kappa shape index (κ1) is 19.4. The molecule has 3 heterocycles. The number of rotatable bonds is 6. The summed E-state index contributed by atoms with van der Waals surface area (Å²) in [6.07, 6.45) is 4.20. The molecule has 0 unspecified atom stereocenters. The second-order valence-corrected chi connectivity index (χ2v) is 7.44. The largest absolute Gasteiger partial charge is 0.497 e. The van der Waals surface area contributed by atoms with Crippen LogP contribution in [0.25, 0.3) is 16.7 Å². The summed E-state index contributed by atoms with van der Waals surface area (Å²) >= 11 is 0. The summed E-state index contributed by atoms with van der Waals surface area (Å²) in [7, 11) is 5.07. The molecule has 0 amide bonds. The Kier molecular flexibility index (Phi) is 4.95. The molecular weight excluding hydrogens is 396 g/mol. The SMILES string of the molecule is COc1ccc(-n2nccn2)c(N2C[C@H](OC)C[C@H]2c2nc3ccc(OC)cc3[nH]2)c1. The summed E-state index contributed by atoms with van der Waals surface area (Å²) in [5, 5.41) is 8.67. The zero-order valence-electron chi connectivity index (χ0n) is 17.6. The van der Waals surface area contributed by atoms with E-state index in [4.69, 9.17) is 19.2 Å². The fourth-order valence-corrected chi connectivity index (χ4v) is 4.16. The maximum atomic E-state index is 5.74. The molecule has 0 aliphatic carbocycles. The Morgan fingerprint density at radius 3 is 2.42 bits per heavy atom. The number of ether oxygens (including phenoxy) is 3. The fraction of sp³-hybridized carbons (Fsp3) is 0.318. The van der Waals surface area contributed by atoms with Gasteiger partial charge in [-0.15, -0.1) is 4.80 Å². The fourth-order valence-electron chi connectivity index (χ4n) is 4.16. The molecule has 2 aromatic heterocycles. The van der Waals surface area contributed by atoms with E-state index in [-0.39, 0.29) is 12.1 Å². The molecule has 1 aliphatic rings. The molecule has 1 fully saturated rings. The standard InChI is InChI=1S/C22H24N6O3/c1-29-14-4-6-17-18(10-14)26-22(25-17)21-12-16(31-3)13-27(21)20-11-15(30-2)5-7-19(20)28-23-8-9-24-28/h4-11,16,21H,12-13H2,1-3H3,(H,25,26)/t16-,21+/m1/s1. The lowest BCUT2D eigenvalue weighted by Crippen LogP contribution is -2.27. The first-order chi connectivity index (χ1) is 15.2. The highest BCUT2D eigenvalue weighted by Crippen LogP contribution is 2.40. The van der Waals surface area contributed by atoms with Crippen molar-refractivity contribution >= 4 is 16.7 Å². The lowest BCUT2D eigenvalue weighted by atomic mass is 10.1. The summed E-state index contributed by atoms with van der Waals surface area (Å²) in [5.74, 6) is 2.44.